The summed E-state index contributed by atoms with van der Waals surface area (Å²) >= 11 is 0. The largest absolute Gasteiger partial charge is 0.396 e. The third-order valence-electron chi connectivity index (χ3n) is 3.09. The molecule has 0 atom stereocenters. The van der Waals surface area contributed by atoms with Crippen molar-refractivity contribution in [3.63, 3.8) is 0 Å². The zero-order chi connectivity index (χ0) is 13.2. The summed E-state index contributed by atoms with van der Waals surface area (Å²) in [7, 11) is 0. The minimum atomic E-state index is 0.143. The molecule has 19 heavy (non-hydrogen) atoms. The van der Waals surface area contributed by atoms with Crippen LogP contribution in [0.4, 0.5) is 0 Å². The first-order valence-corrected chi connectivity index (χ1v) is 6.10. The van der Waals surface area contributed by atoms with Gasteiger partial charge in [-0.05, 0) is 19.4 Å². The highest BCUT2D eigenvalue weighted by molar-refractivity contribution is 5.89. The van der Waals surface area contributed by atoms with Gasteiger partial charge in [0, 0.05) is 24.7 Å². The lowest BCUT2D eigenvalue weighted by Crippen LogP contribution is -2.04. The zero-order valence-corrected chi connectivity index (χ0v) is 10.5. The van der Waals surface area contributed by atoms with Crippen LogP contribution in [0, 0.1) is 6.92 Å². The summed E-state index contributed by atoms with van der Waals surface area (Å²) < 4.78 is 1.78. The number of H-pyrrole nitrogens is 1. The van der Waals surface area contributed by atoms with Crippen molar-refractivity contribution in [1.82, 2.24) is 29.9 Å². The number of nitrogens with one attached hydrogen (secondary N) is 1. The summed E-state index contributed by atoms with van der Waals surface area (Å²) in [5, 5.41) is 18.1. The van der Waals surface area contributed by atoms with Crippen molar-refractivity contribution in [1.29, 1.82) is 0 Å². The zero-order valence-electron chi connectivity index (χ0n) is 10.5. The molecule has 98 valence electrons. The van der Waals surface area contributed by atoms with Crippen LogP contribution in [0.3, 0.4) is 0 Å². The number of rotatable bonds is 4. The van der Waals surface area contributed by atoms with Gasteiger partial charge in [-0.3, -0.25) is 0 Å². The minimum absolute atomic E-state index is 0.143. The number of hydrogen-bond donors (Lipinski definition) is 2. The summed E-state index contributed by atoms with van der Waals surface area (Å²) in [6.07, 6.45) is 4.00. The Bertz CT molecular complexity index is 701. The molecule has 2 N–H and O–H groups in total. The van der Waals surface area contributed by atoms with E-state index in [0.717, 1.165) is 28.1 Å². The van der Waals surface area contributed by atoms with Crippen molar-refractivity contribution < 1.29 is 5.11 Å². The Labute approximate surface area is 109 Å². The lowest BCUT2D eigenvalue weighted by atomic mass is 10.2. The van der Waals surface area contributed by atoms with Gasteiger partial charge in [0.1, 0.15) is 23.4 Å². The topological polar surface area (TPSA) is 92.5 Å². The van der Waals surface area contributed by atoms with E-state index >= 15 is 0 Å². The maximum absolute atomic E-state index is 8.87. The van der Waals surface area contributed by atoms with Gasteiger partial charge in [-0.25, -0.2) is 14.6 Å². The number of aliphatic hydroxyl groups is 1. The van der Waals surface area contributed by atoms with Crippen molar-refractivity contribution in [3.05, 3.63) is 24.3 Å². The third-order valence-corrected chi connectivity index (χ3v) is 3.09. The Kier molecular flexibility index (Phi) is 2.96. The molecule has 0 aliphatic heterocycles. The fourth-order valence-electron chi connectivity index (χ4n) is 2.07. The van der Waals surface area contributed by atoms with Crippen molar-refractivity contribution in [3.8, 4) is 11.4 Å². The molecule has 0 amide bonds. The normalized spacial score (nSPS) is 11.3. The first-order valence-electron chi connectivity index (χ1n) is 6.10. The van der Waals surface area contributed by atoms with Gasteiger partial charge in [0.2, 0.25) is 0 Å². The van der Waals surface area contributed by atoms with Gasteiger partial charge in [-0.1, -0.05) is 5.21 Å². The van der Waals surface area contributed by atoms with E-state index in [1.165, 1.54) is 6.33 Å². The number of aromatic nitrogens is 6. The molecule has 0 aliphatic carbocycles. The highest BCUT2D eigenvalue weighted by atomic mass is 16.3. The van der Waals surface area contributed by atoms with E-state index in [2.05, 4.69) is 25.3 Å². The molecule has 0 bridgehead atoms. The lowest BCUT2D eigenvalue weighted by molar-refractivity contribution is 0.275. The summed E-state index contributed by atoms with van der Waals surface area (Å²) in [5.74, 6) is 0. The van der Waals surface area contributed by atoms with Crippen LogP contribution in [0.15, 0.2) is 18.6 Å². The van der Waals surface area contributed by atoms with Gasteiger partial charge in [0.05, 0.1) is 5.69 Å². The molecule has 0 unspecified atom stereocenters. The van der Waals surface area contributed by atoms with E-state index < -0.39 is 0 Å². The van der Waals surface area contributed by atoms with Gasteiger partial charge >= 0.3 is 0 Å². The summed E-state index contributed by atoms with van der Waals surface area (Å²) in [4.78, 5) is 11.5. The second-order valence-corrected chi connectivity index (χ2v) is 4.29. The van der Waals surface area contributed by atoms with Crippen LogP contribution in [0.5, 0.6) is 0 Å². The molecular weight excluding hydrogens is 244 g/mol. The fourth-order valence-corrected chi connectivity index (χ4v) is 2.07. The van der Waals surface area contributed by atoms with Crippen LogP contribution in [0.2, 0.25) is 0 Å². The average molecular weight is 258 g/mol. The van der Waals surface area contributed by atoms with Crippen LogP contribution >= 0.6 is 0 Å². The number of aliphatic hydroxyl groups excluding tert-OH is 1. The predicted octanol–water partition coefficient (Wildman–Crippen LogP) is 0.907. The molecule has 0 saturated heterocycles. The molecule has 0 aromatic carbocycles. The quantitative estimate of drug-likeness (QED) is 0.725. The smallest absolute Gasteiger partial charge is 0.141 e. The maximum atomic E-state index is 8.87. The highest BCUT2D eigenvalue weighted by Crippen LogP contribution is 2.25. The second-order valence-electron chi connectivity index (χ2n) is 4.29. The Morgan fingerprint density at radius 3 is 3.05 bits per heavy atom. The van der Waals surface area contributed by atoms with Gasteiger partial charge < -0.3 is 10.1 Å². The average Bonchev–Trinajstić information content (AvgIpc) is 3.03. The van der Waals surface area contributed by atoms with Crippen LogP contribution in [-0.4, -0.2) is 41.7 Å². The molecular formula is C12H14N6O. The maximum Gasteiger partial charge on any atom is 0.141 e. The van der Waals surface area contributed by atoms with Gasteiger partial charge in [0.25, 0.3) is 0 Å². The van der Waals surface area contributed by atoms with Crippen molar-refractivity contribution in [2.75, 3.05) is 6.61 Å². The van der Waals surface area contributed by atoms with Crippen LogP contribution in [0.25, 0.3) is 22.4 Å². The van der Waals surface area contributed by atoms with Crippen molar-refractivity contribution >= 4 is 11.0 Å². The van der Waals surface area contributed by atoms with Crippen LogP contribution in [-0.2, 0) is 6.54 Å². The molecule has 0 aliphatic rings. The molecule has 3 rings (SSSR count). The molecule has 0 radical (unpaired) electrons. The van der Waals surface area contributed by atoms with Gasteiger partial charge in [0.15, 0.2) is 0 Å². The van der Waals surface area contributed by atoms with Gasteiger partial charge in [-0.2, -0.15) is 0 Å². The van der Waals surface area contributed by atoms with E-state index in [4.69, 9.17) is 5.11 Å². The number of aryl methyl sites for hydroxylation is 1. The Balaban J connectivity index is 2.07. The lowest BCUT2D eigenvalue weighted by Gasteiger charge is -2.02. The first kappa shape index (κ1) is 11.8. The molecule has 3 heterocycles. The van der Waals surface area contributed by atoms with E-state index in [-0.39, 0.29) is 6.61 Å². The molecule has 0 saturated carbocycles. The van der Waals surface area contributed by atoms with E-state index in [9.17, 15) is 0 Å². The second kappa shape index (κ2) is 4.77. The fraction of sp³-hybridized carbons (Fsp3) is 0.333. The summed E-state index contributed by atoms with van der Waals surface area (Å²) in [5.41, 5.74) is 3.26. The first-order chi connectivity index (χ1) is 9.31. The van der Waals surface area contributed by atoms with E-state index in [1.807, 2.05) is 19.2 Å². The monoisotopic (exact) mass is 258 g/mol. The Hall–Kier alpha value is -2.28. The molecule has 0 fully saturated rings. The molecule has 3 aromatic rings. The number of hydrogen-bond acceptors (Lipinski definition) is 5. The van der Waals surface area contributed by atoms with Crippen molar-refractivity contribution in [2.45, 2.75) is 19.9 Å². The van der Waals surface area contributed by atoms with Crippen molar-refractivity contribution in [2.24, 2.45) is 0 Å². The van der Waals surface area contributed by atoms with E-state index in [0.29, 0.717) is 13.0 Å². The van der Waals surface area contributed by atoms with Crippen LogP contribution in [0.1, 0.15) is 12.1 Å². The third kappa shape index (κ3) is 1.97. The number of fused-ring (bicyclic) bond motifs is 1. The minimum Gasteiger partial charge on any atom is -0.396 e. The Morgan fingerprint density at radius 2 is 2.21 bits per heavy atom. The van der Waals surface area contributed by atoms with E-state index in [1.54, 1.807) is 4.68 Å². The number of nitrogens with zero attached hydrogens (tertiary/aromatic N) is 5. The highest BCUT2D eigenvalue weighted by Gasteiger charge is 2.15. The SMILES string of the molecule is Cc1c(-c2ncnc3[nH]ccc23)nnn1CCCO. The Morgan fingerprint density at radius 1 is 1.32 bits per heavy atom. The van der Waals surface area contributed by atoms with Gasteiger partial charge in [-0.15, -0.1) is 5.10 Å². The molecule has 3 aromatic heterocycles. The molecule has 7 heteroatoms. The standard InChI is InChI=1S/C12H14N6O/c1-8-10(16-17-18(8)5-2-6-19)11-9-3-4-13-12(9)15-7-14-11/h3-4,7,19H,2,5-6H2,1H3,(H,13,14,15). The van der Waals surface area contributed by atoms with Crippen LogP contribution < -0.4 is 0 Å². The summed E-state index contributed by atoms with van der Waals surface area (Å²) in [6.45, 7) is 2.74. The summed E-state index contributed by atoms with van der Waals surface area (Å²) in [6, 6.07) is 1.93. The molecule has 7 nitrogen and oxygen atoms in total. The predicted molar refractivity (Wildman–Crippen MR) is 69.3 cm³/mol. The number of aromatic amines is 1. The molecule has 0 spiro atoms.